The van der Waals surface area contributed by atoms with Crippen molar-refractivity contribution in [1.82, 2.24) is 15.3 Å². The lowest BCUT2D eigenvalue weighted by atomic mass is 10.0. The maximum Gasteiger partial charge on any atom is 0.179 e. The third kappa shape index (κ3) is 3.79. The summed E-state index contributed by atoms with van der Waals surface area (Å²) in [4.78, 5) is 10.9. The fourth-order valence-corrected chi connectivity index (χ4v) is 4.82. The lowest BCUT2D eigenvalue weighted by Gasteiger charge is -2.37. The molecule has 28 heavy (non-hydrogen) atoms. The number of hydrogen-bond donors (Lipinski definition) is 1. The summed E-state index contributed by atoms with van der Waals surface area (Å²) in [5.74, 6) is 1.60. The highest BCUT2D eigenvalue weighted by molar-refractivity contribution is 7.17. The Labute approximate surface area is 168 Å². The highest BCUT2D eigenvalue weighted by Gasteiger charge is 2.25. The van der Waals surface area contributed by atoms with Gasteiger partial charge in [-0.25, -0.2) is 9.97 Å². The fourth-order valence-electron chi connectivity index (χ4n) is 3.84. The van der Waals surface area contributed by atoms with Gasteiger partial charge in [-0.2, -0.15) is 5.26 Å². The van der Waals surface area contributed by atoms with Gasteiger partial charge in [0.25, 0.3) is 0 Å². The van der Waals surface area contributed by atoms with E-state index in [1.807, 2.05) is 12.1 Å². The standard InChI is InChI=1S/C21H23N5OS/c1-27-19-12-24-14-25-21(19)26-8-7-23-11-17(26)4-2-3-16-13-28-20-6-5-15(10-22)9-18(16)20/h5-6,9,12-14,17,23H,2-4,7-8,11H2,1H3. The number of anilines is 1. The predicted molar refractivity (Wildman–Crippen MR) is 112 cm³/mol. The monoisotopic (exact) mass is 393 g/mol. The first kappa shape index (κ1) is 18.7. The number of piperazine rings is 1. The Morgan fingerprint density at radius 3 is 3.21 bits per heavy atom. The number of aromatic nitrogens is 2. The van der Waals surface area contributed by atoms with Gasteiger partial charge in [-0.1, -0.05) is 0 Å². The second-order valence-electron chi connectivity index (χ2n) is 6.94. The van der Waals surface area contributed by atoms with Crippen molar-refractivity contribution in [3.05, 3.63) is 47.2 Å². The molecule has 1 saturated heterocycles. The van der Waals surface area contributed by atoms with Crippen LogP contribution in [0.2, 0.25) is 0 Å². The van der Waals surface area contributed by atoms with Crippen LogP contribution in [0, 0.1) is 11.3 Å². The zero-order chi connectivity index (χ0) is 19.3. The summed E-state index contributed by atoms with van der Waals surface area (Å²) in [6.07, 6.45) is 6.47. The van der Waals surface area contributed by atoms with Crippen molar-refractivity contribution >= 4 is 27.2 Å². The first-order chi connectivity index (χ1) is 13.8. The number of benzene rings is 1. The van der Waals surface area contributed by atoms with Crippen molar-refractivity contribution in [3.8, 4) is 11.8 Å². The van der Waals surface area contributed by atoms with Gasteiger partial charge < -0.3 is 15.0 Å². The fraction of sp³-hybridized carbons (Fsp3) is 0.381. The summed E-state index contributed by atoms with van der Waals surface area (Å²) in [5.41, 5.74) is 2.07. The number of nitriles is 1. The minimum absolute atomic E-state index is 0.372. The Hall–Kier alpha value is -2.69. The smallest absolute Gasteiger partial charge is 0.179 e. The van der Waals surface area contributed by atoms with Crippen LogP contribution < -0.4 is 15.0 Å². The zero-order valence-corrected chi connectivity index (χ0v) is 16.7. The van der Waals surface area contributed by atoms with E-state index in [2.05, 4.69) is 37.7 Å². The third-order valence-corrected chi connectivity index (χ3v) is 6.28. The molecular weight excluding hydrogens is 370 g/mol. The van der Waals surface area contributed by atoms with E-state index in [9.17, 15) is 5.26 Å². The van der Waals surface area contributed by atoms with Crippen LogP contribution in [-0.2, 0) is 6.42 Å². The minimum atomic E-state index is 0.372. The summed E-state index contributed by atoms with van der Waals surface area (Å²) in [6.45, 7) is 2.79. The molecule has 7 heteroatoms. The van der Waals surface area contributed by atoms with Crippen LogP contribution in [0.25, 0.3) is 10.1 Å². The number of hydrogen-bond acceptors (Lipinski definition) is 7. The molecule has 1 aromatic carbocycles. The van der Waals surface area contributed by atoms with E-state index in [-0.39, 0.29) is 0 Å². The van der Waals surface area contributed by atoms with Crippen molar-refractivity contribution in [2.24, 2.45) is 0 Å². The Kier molecular flexibility index (Phi) is 5.70. The quantitative estimate of drug-likeness (QED) is 0.692. The number of rotatable bonds is 6. The summed E-state index contributed by atoms with van der Waals surface area (Å²) >= 11 is 1.76. The zero-order valence-electron chi connectivity index (χ0n) is 15.9. The molecule has 3 heterocycles. The maximum absolute atomic E-state index is 9.17. The van der Waals surface area contributed by atoms with Gasteiger partial charge in [0.2, 0.25) is 0 Å². The summed E-state index contributed by atoms with van der Waals surface area (Å²) in [7, 11) is 1.66. The van der Waals surface area contributed by atoms with Crippen LogP contribution in [0.5, 0.6) is 5.75 Å². The van der Waals surface area contributed by atoms with Crippen molar-refractivity contribution in [2.75, 3.05) is 31.6 Å². The lowest BCUT2D eigenvalue weighted by molar-refractivity contribution is 0.397. The highest BCUT2D eigenvalue weighted by atomic mass is 32.1. The maximum atomic E-state index is 9.17. The number of fused-ring (bicyclic) bond motifs is 1. The van der Waals surface area contributed by atoms with Crippen molar-refractivity contribution in [2.45, 2.75) is 25.3 Å². The van der Waals surface area contributed by atoms with Gasteiger partial charge in [-0.3, -0.25) is 0 Å². The molecule has 6 nitrogen and oxygen atoms in total. The number of ether oxygens (including phenoxy) is 1. The first-order valence-corrected chi connectivity index (χ1v) is 10.4. The first-order valence-electron chi connectivity index (χ1n) is 9.51. The van der Waals surface area contributed by atoms with Crippen LogP contribution in [0.1, 0.15) is 24.0 Å². The van der Waals surface area contributed by atoms with Gasteiger partial charge >= 0.3 is 0 Å². The largest absolute Gasteiger partial charge is 0.491 e. The number of methoxy groups -OCH3 is 1. The molecule has 0 bridgehead atoms. The highest BCUT2D eigenvalue weighted by Crippen LogP contribution is 2.30. The molecule has 4 rings (SSSR count). The van der Waals surface area contributed by atoms with E-state index >= 15 is 0 Å². The summed E-state index contributed by atoms with van der Waals surface area (Å²) in [5, 5.41) is 16.1. The third-order valence-electron chi connectivity index (χ3n) is 5.27. The van der Waals surface area contributed by atoms with Crippen LogP contribution in [0.3, 0.4) is 0 Å². The Morgan fingerprint density at radius 2 is 2.36 bits per heavy atom. The lowest BCUT2D eigenvalue weighted by Crippen LogP contribution is -2.51. The molecule has 1 fully saturated rings. The van der Waals surface area contributed by atoms with Crippen molar-refractivity contribution in [3.63, 3.8) is 0 Å². The summed E-state index contributed by atoms with van der Waals surface area (Å²) in [6, 6.07) is 8.58. The van der Waals surface area contributed by atoms with E-state index < -0.39 is 0 Å². The van der Waals surface area contributed by atoms with Gasteiger partial charge in [-0.05, 0) is 53.8 Å². The van der Waals surface area contributed by atoms with Crippen molar-refractivity contribution < 1.29 is 4.74 Å². The molecule has 0 saturated carbocycles. The van der Waals surface area contributed by atoms with E-state index in [0.717, 1.165) is 56.0 Å². The van der Waals surface area contributed by atoms with Gasteiger partial charge in [0.05, 0.1) is 24.9 Å². The molecular formula is C21H23N5OS. The molecule has 1 unspecified atom stereocenters. The van der Waals surface area contributed by atoms with Crippen LogP contribution in [0.15, 0.2) is 36.1 Å². The van der Waals surface area contributed by atoms with Crippen molar-refractivity contribution in [1.29, 1.82) is 5.26 Å². The summed E-state index contributed by atoms with van der Waals surface area (Å²) < 4.78 is 6.72. The molecule has 144 valence electrons. The second kappa shape index (κ2) is 8.55. The molecule has 0 radical (unpaired) electrons. The van der Waals surface area contributed by atoms with E-state index in [0.29, 0.717) is 6.04 Å². The van der Waals surface area contributed by atoms with E-state index in [1.165, 1.54) is 15.6 Å². The molecule has 3 aromatic rings. The number of nitrogens with zero attached hydrogens (tertiary/aromatic N) is 4. The number of thiophene rings is 1. The van der Waals surface area contributed by atoms with Crippen LogP contribution in [0.4, 0.5) is 5.82 Å². The van der Waals surface area contributed by atoms with Crippen LogP contribution in [-0.4, -0.2) is 42.8 Å². The van der Waals surface area contributed by atoms with E-state index in [1.54, 1.807) is 31.0 Å². The number of aryl methyl sites for hydroxylation is 1. The molecule has 0 amide bonds. The van der Waals surface area contributed by atoms with Gasteiger partial charge in [0.1, 0.15) is 6.33 Å². The van der Waals surface area contributed by atoms with Crippen LogP contribution >= 0.6 is 11.3 Å². The Balaban J connectivity index is 1.46. The second-order valence-corrected chi connectivity index (χ2v) is 7.85. The Bertz CT molecular complexity index is 996. The average molecular weight is 394 g/mol. The van der Waals surface area contributed by atoms with E-state index in [4.69, 9.17) is 4.74 Å². The predicted octanol–water partition coefficient (Wildman–Crippen LogP) is 3.37. The van der Waals surface area contributed by atoms with Gasteiger partial charge in [0, 0.05) is 30.4 Å². The molecule has 1 aliphatic rings. The van der Waals surface area contributed by atoms with Gasteiger partial charge in [-0.15, -0.1) is 11.3 Å². The molecule has 0 aliphatic carbocycles. The average Bonchev–Trinajstić information content (AvgIpc) is 3.16. The normalized spacial score (nSPS) is 16.9. The molecule has 2 aromatic heterocycles. The SMILES string of the molecule is COc1cncnc1N1CCNCC1CCCc1csc2ccc(C#N)cc12. The minimum Gasteiger partial charge on any atom is -0.491 e. The molecule has 1 N–H and O–H groups in total. The Morgan fingerprint density at radius 1 is 1.43 bits per heavy atom. The molecule has 1 atom stereocenters. The molecule has 1 aliphatic heterocycles. The molecule has 0 spiro atoms. The van der Waals surface area contributed by atoms with Gasteiger partial charge in [0.15, 0.2) is 11.6 Å². The number of nitrogens with one attached hydrogen (secondary N) is 1. The topological polar surface area (TPSA) is 74.1 Å².